The smallest absolute Gasteiger partial charge is 0.311 e. The molecule has 0 spiro atoms. The number of carbonyl (C=O) groups excluding carboxylic acids is 1. The normalized spacial score (nSPS) is 39.2. The number of piperidine rings is 1. The molecule has 19 heavy (non-hydrogen) atoms. The van der Waals surface area contributed by atoms with E-state index in [4.69, 9.17) is 21.1 Å². The number of hydrogen-bond acceptors (Lipinski definition) is 5. The molecule has 2 rings (SSSR count). The lowest BCUT2D eigenvalue weighted by molar-refractivity contribution is -0.240. The lowest BCUT2D eigenvalue weighted by Gasteiger charge is -2.49. The van der Waals surface area contributed by atoms with Gasteiger partial charge in [-0.15, -0.1) is 0 Å². The molecule has 0 saturated carbocycles. The van der Waals surface area contributed by atoms with E-state index in [1.54, 1.807) is 6.92 Å². The van der Waals surface area contributed by atoms with Gasteiger partial charge in [0.15, 0.2) is 0 Å². The van der Waals surface area contributed by atoms with Crippen molar-refractivity contribution < 1.29 is 19.5 Å². The molecule has 0 bridgehead atoms. The fourth-order valence-corrected chi connectivity index (χ4v) is 3.31. The first-order valence-corrected chi connectivity index (χ1v) is 7.06. The highest BCUT2D eigenvalue weighted by Gasteiger charge is 2.48. The Labute approximate surface area is 118 Å². The molecule has 0 aromatic heterocycles. The number of alkyl halides is 1. The molecular formula is C13H22ClNO4. The van der Waals surface area contributed by atoms with Crippen LogP contribution in [-0.4, -0.2) is 46.1 Å². The number of nitrogens with zero attached hydrogens (tertiary/aromatic N) is 1. The summed E-state index contributed by atoms with van der Waals surface area (Å²) < 4.78 is 10.7. The molecule has 3 atom stereocenters. The minimum absolute atomic E-state index is 0.156. The third kappa shape index (κ3) is 3.21. The fourth-order valence-electron chi connectivity index (χ4n) is 2.91. The van der Waals surface area contributed by atoms with E-state index in [-0.39, 0.29) is 18.0 Å². The van der Waals surface area contributed by atoms with Crippen LogP contribution in [0, 0.1) is 5.92 Å². The van der Waals surface area contributed by atoms with Gasteiger partial charge in [-0.2, -0.15) is 5.06 Å². The first-order valence-electron chi connectivity index (χ1n) is 6.69. The zero-order valence-corrected chi connectivity index (χ0v) is 12.4. The fraction of sp³-hybridized carbons (Fsp3) is 0.923. The van der Waals surface area contributed by atoms with Crippen molar-refractivity contribution in [3.63, 3.8) is 0 Å². The summed E-state index contributed by atoms with van der Waals surface area (Å²) in [6.45, 7) is 6.56. The van der Waals surface area contributed by atoms with Crippen molar-refractivity contribution in [2.24, 2.45) is 5.92 Å². The van der Waals surface area contributed by atoms with Crippen LogP contribution in [0.1, 0.15) is 40.0 Å². The van der Waals surface area contributed by atoms with Crippen LogP contribution >= 0.6 is 11.6 Å². The SMILES string of the molecule is CC1(C)CC(OC(=O)C2CCOC2)CC(C)(Cl)N1O. The summed E-state index contributed by atoms with van der Waals surface area (Å²) >= 11 is 6.30. The lowest BCUT2D eigenvalue weighted by Crippen LogP contribution is -2.59. The van der Waals surface area contributed by atoms with Crippen LogP contribution in [0.15, 0.2) is 0 Å². The molecule has 5 nitrogen and oxygen atoms in total. The van der Waals surface area contributed by atoms with E-state index in [9.17, 15) is 10.0 Å². The Kier molecular flexibility index (Phi) is 4.12. The summed E-state index contributed by atoms with van der Waals surface area (Å²) in [6, 6.07) is 0. The van der Waals surface area contributed by atoms with Crippen molar-refractivity contribution in [1.82, 2.24) is 5.06 Å². The molecule has 0 aromatic rings. The Bertz CT molecular complexity index is 335. The van der Waals surface area contributed by atoms with E-state index in [1.165, 1.54) is 0 Å². The van der Waals surface area contributed by atoms with Gasteiger partial charge in [-0.1, -0.05) is 11.6 Å². The number of hydrogen-bond donors (Lipinski definition) is 1. The molecule has 2 heterocycles. The first-order chi connectivity index (χ1) is 8.72. The lowest BCUT2D eigenvalue weighted by atomic mass is 9.86. The summed E-state index contributed by atoms with van der Waals surface area (Å²) in [5, 5.41) is 11.2. The van der Waals surface area contributed by atoms with Crippen molar-refractivity contribution in [3.05, 3.63) is 0 Å². The monoisotopic (exact) mass is 291 g/mol. The second-order valence-corrected chi connectivity index (χ2v) is 7.11. The maximum Gasteiger partial charge on any atom is 0.311 e. The molecule has 0 aliphatic carbocycles. The van der Waals surface area contributed by atoms with Crippen LogP contribution in [0.2, 0.25) is 0 Å². The molecule has 0 radical (unpaired) electrons. The Morgan fingerprint density at radius 1 is 1.42 bits per heavy atom. The van der Waals surface area contributed by atoms with E-state index in [0.29, 0.717) is 26.1 Å². The second kappa shape index (κ2) is 5.20. The molecule has 2 fully saturated rings. The maximum absolute atomic E-state index is 12.0. The van der Waals surface area contributed by atoms with Gasteiger partial charge in [0.2, 0.25) is 0 Å². The van der Waals surface area contributed by atoms with E-state index < -0.39 is 10.5 Å². The predicted molar refractivity (Wildman–Crippen MR) is 70.0 cm³/mol. The van der Waals surface area contributed by atoms with Gasteiger partial charge in [-0.05, 0) is 27.2 Å². The Morgan fingerprint density at radius 3 is 2.63 bits per heavy atom. The molecule has 6 heteroatoms. The van der Waals surface area contributed by atoms with Crippen LogP contribution < -0.4 is 0 Å². The largest absolute Gasteiger partial charge is 0.462 e. The van der Waals surface area contributed by atoms with Crippen LogP contribution in [0.25, 0.3) is 0 Å². The third-order valence-corrected chi connectivity index (χ3v) is 4.20. The van der Waals surface area contributed by atoms with Crippen molar-refractivity contribution >= 4 is 17.6 Å². The summed E-state index contributed by atoms with van der Waals surface area (Å²) in [7, 11) is 0. The van der Waals surface area contributed by atoms with E-state index in [1.807, 2.05) is 13.8 Å². The maximum atomic E-state index is 12.0. The van der Waals surface area contributed by atoms with Gasteiger partial charge in [0.05, 0.1) is 12.5 Å². The highest BCUT2D eigenvalue weighted by molar-refractivity contribution is 6.23. The molecule has 3 unspecified atom stereocenters. The summed E-state index contributed by atoms with van der Waals surface area (Å²) in [5.41, 5.74) is -0.522. The Balaban J connectivity index is 1.99. The molecular weight excluding hydrogens is 270 g/mol. The van der Waals surface area contributed by atoms with Crippen molar-refractivity contribution in [3.8, 4) is 0 Å². The predicted octanol–water partition coefficient (Wildman–Crippen LogP) is 2.15. The van der Waals surface area contributed by atoms with Crippen LogP contribution in [-0.2, 0) is 14.3 Å². The minimum atomic E-state index is -0.918. The number of ether oxygens (including phenoxy) is 2. The topological polar surface area (TPSA) is 59.0 Å². The minimum Gasteiger partial charge on any atom is -0.462 e. The zero-order chi connectivity index (χ0) is 14.3. The van der Waals surface area contributed by atoms with Crippen LogP contribution in [0.3, 0.4) is 0 Å². The molecule has 2 aliphatic heterocycles. The molecule has 2 aliphatic rings. The molecule has 2 saturated heterocycles. The van der Waals surface area contributed by atoms with Gasteiger partial charge < -0.3 is 14.7 Å². The Morgan fingerprint density at radius 2 is 2.11 bits per heavy atom. The molecule has 1 N–H and O–H groups in total. The third-order valence-electron chi connectivity index (χ3n) is 3.89. The summed E-state index contributed by atoms with van der Waals surface area (Å²) in [4.78, 5) is 11.1. The Hall–Kier alpha value is -0.360. The standard InChI is InChI=1S/C13H22ClNO4/c1-12(2)6-10(7-13(3,14)15(12)17)19-11(16)9-4-5-18-8-9/h9-10,17H,4-8H2,1-3H3. The molecule has 110 valence electrons. The zero-order valence-electron chi connectivity index (χ0n) is 11.7. The van der Waals surface area contributed by atoms with Gasteiger partial charge in [-0.25, -0.2) is 0 Å². The van der Waals surface area contributed by atoms with Gasteiger partial charge in [0.25, 0.3) is 0 Å². The average Bonchev–Trinajstić information content (AvgIpc) is 2.78. The average molecular weight is 292 g/mol. The summed E-state index contributed by atoms with van der Waals surface area (Å²) in [5.74, 6) is -0.367. The number of esters is 1. The van der Waals surface area contributed by atoms with Crippen molar-refractivity contribution in [1.29, 1.82) is 0 Å². The van der Waals surface area contributed by atoms with E-state index in [2.05, 4.69) is 0 Å². The highest BCUT2D eigenvalue weighted by atomic mass is 35.5. The molecule has 0 amide bonds. The van der Waals surface area contributed by atoms with Gasteiger partial charge in [0.1, 0.15) is 11.1 Å². The highest BCUT2D eigenvalue weighted by Crippen LogP contribution is 2.40. The first kappa shape index (κ1) is 15.0. The van der Waals surface area contributed by atoms with Crippen LogP contribution in [0.4, 0.5) is 0 Å². The second-order valence-electron chi connectivity index (χ2n) is 6.29. The van der Waals surface area contributed by atoms with Crippen molar-refractivity contribution in [2.75, 3.05) is 13.2 Å². The van der Waals surface area contributed by atoms with Crippen molar-refractivity contribution in [2.45, 2.75) is 56.7 Å². The quantitative estimate of drug-likeness (QED) is 0.480. The number of hydroxylamine groups is 2. The van der Waals surface area contributed by atoms with Gasteiger partial charge >= 0.3 is 5.97 Å². The molecule has 0 aromatic carbocycles. The van der Waals surface area contributed by atoms with Gasteiger partial charge in [0, 0.05) is 25.0 Å². The van der Waals surface area contributed by atoms with Crippen LogP contribution in [0.5, 0.6) is 0 Å². The number of halogens is 1. The van der Waals surface area contributed by atoms with E-state index in [0.717, 1.165) is 11.5 Å². The van der Waals surface area contributed by atoms with Gasteiger partial charge in [-0.3, -0.25) is 4.79 Å². The van der Waals surface area contributed by atoms with E-state index >= 15 is 0 Å². The number of rotatable bonds is 2. The number of carbonyl (C=O) groups is 1. The summed E-state index contributed by atoms with van der Waals surface area (Å²) in [6.07, 6.45) is 1.42.